The van der Waals surface area contributed by atoms with Gasteiger partial charge in [0.25, 0.3) is 10.1 Å². The van der Waals surface area contributed by atoms with Crippen LogP contribution >= 0.6 is 0 Å². The van der Waals surface area contributed by atoms with Crippen LogP contribution in [0.1, 0.15) is 65.7 Å². The monoisotopic (exact) mass is 352 g/mol. The summed E-state index contributed by atoms with van der Waals surface area (Å²) in [4.78, 5) is 23.8. The van der Waals surface area contributed by atoms with Crippen LogP contribution in [-0.4, -0.2) is 42.9 Å². The Hall–Kier alpha value is -1.15. The lowest BCUT2D eigenvalue weighted by molar-refractivity contribution is -0.153. The van der Waals surface area contributed by atoms with Gasteiger partial charge in [-0.2, -0.15) is 8.42 Å². The molecule has 0 aliphatic carbocycles. The first-order valence-corrected chi connectivity index (χ1v) is 9.43. The smallest absolute Gasteiger partial charge is 0.330 e. The maximum Gasteiger partial charge on any atom is 0.330 e. The van der Waals surface area contributed by atoms with Gasteiger partial charge in [-0.3, -0.25) is 14.1 Å². The van der Waals surface area contributed by atoms with E-state index in [0.717, 1.165) is 32.6 Å². The molecule has 8 heteroatoms. The van der Waals surface area contributed by atoms with Crippen LogP contribution in [0.4, 0.5) is 0 Å². The Bertz CT molecular complexity index is 472. The topological polar surface area (TPSA) is 107 Å². The third kappa shape index (κ3) is 7.78. The van der Waals surface area contributed by atoms with Gasteiger partial charge in [-0.05, 0) is 19.8 Å². The summed E-state index contributed by atoms with van der Waals surface area (Å²) in [6, 6.07) is 0. The molecule has 0 radical (unpaired) electrons. The average molecular weight is 352 g/mol. The second kappa shape index (κ2) is 10.6. The molecule has 0 fully saturated rings. The van der Waals surface area contributed by atoms with Gasteiger partial charge in [0.05, 0.1) is 19.6 Å². The highest BCUT2D eigenvalue weighted by molar-refractivity contribution is 7.88. The van der Waals surface area contributed by atoms with Gasteiger partial charge >= 0.3 is 11.9 Å². The first-order valence-electron chi connectivity index (χ1n) is 7.99. The number of ether oxygens (including phenoxy) is 2. The molecule has 0 spiro atoms. The van der Waals surface area contributed by atoms with E-state index in [1.54, 1.807) is 0 Å². The minimum Gasteiger partial charge on any atom is -0.466 e. The summed E-state index contributed by atoms with van der Waals surface area (Å²) in [5, 5.41) is 0. The first-order chi connectivity index (χ1) is 10.7. The molecular weight excluding hydrogens is 324 g/mol. The predicted molar refractivity (Wildman–Crippen MR) is 85.5 cm³/mol. The lowest BCUT2D eigenvalue weighted by Crippen LogP contribution is -2.46. The largest absolute Gasteiger partial charge is 0.466 e. The predicted octanol–water partition coefficient (Wildman–Crippen LogP) is 2.49. The molecular formula is C15H28O7S. The van der Waals surface area contributed by atoms with E-state index in [0.29, 0.717) is 12.8 Å². The molecule has 0 heterocycles. The van der Waals surface area contributed by atoms with Gasteiger partial charge in [-0.25, -0.2) is 0 Å². The van der Waals surface area contributed by atoms with Gasteiger partial charge in [0.15, 0.2) is 0 Å². The molecule has 136 valence electrons. The van der Waals surface area contributed by atoms with Crippen molar-refractivity contribution in [3.63, 3.8) is 0 Å². The average Bonchev–Trinajstić information content (AvgIpc) is 2.46. The van der Waals surface area contributed by atoms with E-state index in [1.807, 2.05) is 13.8 Å². The van der Waals surface area contributed by atoms with E-state index in [9.17, 15) is 22.6 Å². The van der Waals surface area contributed by atoms with Crippen molar-refractivity contribution in [1.82, 2.24) is 0 Å². The fraction of sp³-hybridized carbons (Fsp3) is 0.867. The molecule has 0 saturated carbocycles. The van der Waals surface area contributed by atoms with E-state index in [1.165, 1.54) is 0 Å². The zero-order chi connectivity index (χ0) is 17.9. The van der Waals surface area contributed by atoms with Crippen LogP contribution in [0.2, 0.25) is 0 Å². The van der Waals surface area contributed by atoms with Gasteiger partial charge in [0, 0.05) is 0 Å². The Morgan fingerprint density at radius 3 is 1.87 bits per heavy atom. The third-order valence-corrected chi connectivity index (χ3v) is 4.92. The van der Waals surface area contributed by atoms with Gasteiger partial charge in [0.1, 0.15) is 0 Å². The number of hydrogen-bond acceptors (Lipinski definition) is 6. The number of unbranched alkanes of at least 4 members (excludes halogenated alkanes) is 4. The Morgan fingerprint density at radius 1 is 0.957 bits per heavy atom. The third-order valence-electron chi connectivity index (χ3n) is 3.47. The van der Waals surface area contributed by atoms with Crippen LogP contribution in [0.15, 0.2) is 0 Å². The molecule has 7 nitrogen and oxygen atoms in total. The summed E-state index contributed by atoms with van der Waals surface area (Å²) in [7, 11) is -4.81. The van der Waals surface area contributed by atoms with Gasteiger partial charge in [0.2, 0.25) is 4.75 Å². The Morgan fingerprint density at radius 2 is 1.43 bits per heavy atom. The second-order valence-corrected chi connectivity index (χ2v) is 7.50. The van der Waals surface area contributed by atoms with Crippen molar-refractivity contribution in [2.75, 3.05) is 13.2 Å². The van der Waals surface area contributed by atoms with Crippen LogP contribution < -0.4 is 0 Å². The summed E-state index contributed by atoms with van der Waals surface area (Å²) in [6.45, 7) is 5.13. The van der Waals surface area contributed by atoms with E-state index in [2.05, 4.69) is 0 Å². The molecule has 1 N–H and O–H groups in total. The molecule has 0 bridgehead atoms. The summed E-state index contributed by atoms with van der Waals surface area (Å²) in [6.07, 6.45) is 4.04. The van der Waals surface area contributed by atoms with Crippen molar-refractivity contribution in [1.29, 1.82) is 0 Å². The van der Waals surface area contributed by atoms with Crippen LogP contribution in [0.25, 0.3) is 0 Å². The highest BCUT2D eigenvalue weighted by Crippen LogP contribution is 2.23. The minimum absolute atomic E-state index is 0.0450. The van der Waals surface area contributed by atoms with E-state index >= 15 is 0 Å². The van der Waals surface area contributed by atoms with E-state index in [4.69, 9.17) is 9.47 Å². The second-order valence-electron chi connectivity index (χ2n) is 5.65. The fourth-order valence-corrected chi connectivity index (χ4v) is 2.37. The van der Waals surface area contributed by atoms with Crippen molar-refractivity contribution >= 4 is 22.1 Å². The zero-order valence-corrected chi connectivity index (χ0v) is 15.0. The van der Waals surface area contributed by atoms with Gasteiger partial charge in [-0.15, -0.1) is 0 Å². The molecule has 0 aromatic rings. The molecule has 0 aromatic heterocycles. The van der Waals surface area contributed by atoms with Crippen LogP contribution in [0.5, 0.6) is 0 Å². The molecule has 0 saturated heterocycles. The minimum atomic E-state index is -4.81. The lowest BCUT2D eigenvalue weighted by atomic mass is 10.1. The van der Waals surface area contributed by atoms with Crippen LogP contribution in [0.3, 0.4) is 0 Å². The SMILES string of the molecule is CCCCCOC(=O)CC(C)(C(=O)OCCCCC)S(=O)(=O)O. The highest BCUT2D eigenvalue weighted by Gasteiger charge is 2.49. The summed E-state index contributed by atoms with van der Waals surface area (Å²) in [5.41, 5.74) is 0. The standard InChI is InChI=1S/C15H28O7S/c1-4-6-8-10-21-13(16)12-15(3,23(18,19)20)14(17)22-11-9-7-5-2/h4-12H2,1-3H3,(H,18,19,20). The molecule has 0 aliphatic rings. The van der Waals surface area contributed by atoms with Crippen molar-refractivity contribution in [3.05, 3.63) is 0 Å². The first kappa shape index (κ1) is 21.9. The van der Waals surface area contributed by atoms with Crippen molar-refractivity contribution in [3.8, 4) is 0 Å². The Labute approximate surface area is 138 Å². The molecule has 1 unspecified atom stereocenters. The normalized spacial score (nSPS) is 14.1. The summed E-state index contributed by atoms with van der Waals surface area (Å²) >= 11 is 0. The van der Waals surface area contributed by atoms with E-state index in [-0.39, 0.29) is 13.2 Å². The van der Waals surface area contributed by atoms with Crippen molar-refractivity contribution in [2.24, 2.45) is 0 Å². The van der Waals surface area contributed by atoms with Gasteiger partial charge in [-0.1, -0.05) is 39.5 Å². The van der Waals surface area contributed by atoms with Crippen LogP contribution in [-0.2, 0) is 29.2 Å². The van der Waals surface area contributed by atoms with E-state index < -0.39 is 33.2 Å². The molecule has 23 heavy (non-hydrogen) atoms. The molecule has 0 amide bonds. The zero-order valence-electron chi connectivity index (χ0n) is 14.2. The molecule has 0 aromatic carbocycles. The number of hydrogen-bond donors (Lipinski definition) is 1. The number of carbonyl (C=O) groups excluding carboxylic acids is 2. The highest BCUT2D eigenvalue weighted by atomic mass is 32.2. The number of rotatable bonds is 12. The fourth-order valence-electron chi connectivity index (χ4n) is 1.80. The van der Waals surface area contributed by atoms with Crippen LogP contribution in [0, 0.1) is 0 Å². The maximum absolute atomic E-state index is 12.0. The Kier molecular flexibility index (Phi) is 10.1. The Balaban J connectivity index is 4.72. The number of carbonyl (C=O) groups is 2. The lowest BCUT2D eigenvalue weighted by Gasteiger charge is -2.23. The summed E-state index contributed by atoms with van der Waals surface area (Å²) < 4.78 is 39.9. The van der Waals surface area contributed by atoms with Crippen molar-refractivity contribution in [2.45, 2.75) is 70.5 Å². The quantitative estimate of drug-likeness (QED) is 0.326. The summed E-state index contributed by atoms with van der Waals surface area (Å²) in [5.74, 6) is -1.99. The van der Waals surface area contributed by atoms with Crippen molar-refractivity contribution < 1.29 is 32.0 Å². The van der Waals surface area contributed by atoms with Gasteiger partial charge < -0.3 is 9.47 Å². The number of esters is 2. The molecule has 0 aliphatic heterocycles. The molecule has 1 atom stereocenters. The maximum atomic E-state index is 12.0. The molecule has 0 rings (SSSR count).